The lowest BCUT2D eigenvalue weighted by atomic mass is 10.0. The van der Waals surface area contributed by atoms with Crippen molar-refractivity contribution in [2.75, 3.05) is 13.1 Å². The van der Waals surface area contributed by atoms with Crippen molar-refractivity contribution < 1.29 is 9.52 Å². The highest BCUT2D eigenvalue weighted by atomic mass is 16.4. The van der Waals surface area contributed by atoms with Gasteiger partial charge in [0.05, 0.1) is 11.1 Å². The van der Waals surface area contributed by atoms with E-state index in [0.717, 1.165) is 36.9 Å². The predicted molar refractivity (Wildman–Crippen MR) is 105 cm³/mol. The normalized spacial score (nSPS) is 11.3. The van der Waals surface area contributed by atoms with Crippen molar-refractivity contribution >= 4 is 11.0 Å². The first kappa shape index (κ1) is 18.2. The second-order valence-corrected chi connectivity index (χ2v) is 6.57. The summed E-state index contributed by atoms with van der Waals surface area (Å²) >= 11 is 0. The van der Waals surface area contributed by atoms with Crippen LogP contribution >= 0.6 is 0 Å². The third kappa shape index (κ3) is 3.81. The summed E-state index contributed by atoms with van der Waals surface area (Å²) in [5, 5.41) is 11.2. The summed E-state index contributed by atoms with van der Waals surface area (Å²) in [5.74, 6) is 0.172. The fourth-order valence-electron chi connectivity index (χ4n) is 3.33. The maximum absolute atomic E-state index is 12.6. The van der Waals surface area contributed by atoms with E-state index in [9.17, 15) is 9.90 Å². The van der Waals surface area contributed by atoms with E-state index in [1.807, 2.05) is 36.4 Å². The number of nitrogens with zero attached hydrogens (tertiary/aromatic N) is 1. The minimum absolute atomic E-state index is 0.172. The van der Waals surface area contributed by atoms with Gasteiger partial charge in [0, 0.05) is 11.9 Å². The minimum atomic E-state index is -0.381. The largest absolute Gasteiger partial charge is 0.507 e. The van der Waals surface area contributed by atoms with Crippen molar-refractivity contribution in [2.24, 2.45) is 0 Å². The maximum atomic E-state index is 12.6. The number of benzene rings is 2. The molecule has 136 valence electrons. The van der Waals surface area contributed by atoms with Crippen molar-refractivity contribution in [2.45, 2.75) is 33.2 Å². The Morgan fingerprint density at radius 3 is 2.35 bits per heavy atom. The summed E-state index contributed by atoms with van der Waals surface area (Å²) in [6.45, 7) is 6.72. The molecule has 3 aromatic rings. The van der Waals surface area contributed by atoms with E-state index in [4.69, 9.17) is 4.42 Å². The average Bonchev–Trinajstić information content (AvgIpc) is 2.65. The van der Waals surface area contributed by atoms with E-state index in [0.29, 0.717) is 23.3 Å². The lowest BCUT2D eigenvalue weighted by molar-refractivity contribution is 0.262. The van der Waals surface area contributed by atoms with E-state index in [-0.39, 0.29) is 11.4 Å². The van der Waals surface area contributed by atoms with Crippen LogP contribution in [0.25, 0.3) is 22.1 Å². The predicted octanol–water partition coefficient (Wildman–Crippen LogP) is 4.79. The topological polar surface area (TPSA) is 53.7 Å². The van der Waals surface area contributed by atoms with Crippen LogP contribution < -0.4 is 5.63 Å². The summed E-state index contributed by atoms with van der Waals surface area (Å²) in [6.07, 6.45) is 2.07. The molecule has 0 unspecified atom stereocenters. The van der Waals surface area contributed by atoms with Crippen LogP contribution in [0.4, 0.5) is 0 Å². The Kier molecular flexibility index (Phi) is 5.74. The zero-order valence-electron chi connectivity index (χ0n) is 15.4. The Morgan fingerprint density at radius 2 is 1.69 bits per heavy atom. The summed E-state index contributed by atoms with van der Waals surface area (Å²) in [5.41, 5.74) is 2.14. The van der Waals surface area contributed by atoms with Crippen molar-refractivity contribution in [3.63, 3.8) is 0 Å². The molecule has 0 atom stereocenters. The van der Waals surface area contributed by atoms with Gasteiger partial charge in [-0.1, -0.05) is 44.2 Å². The number of hydrogen-bond acceptors (Lipinski definition) is 4. The van der Waals surface area contributed by atoms with Crippen molar-refractivity contribution in [1.82, 2.24) is 4.90 Å². The van der Waals surface area contributed by atoms with Crippen LogP contribution in [0.5, 0.6) is 5.75 Å². The highest BCUT2D eigenvalue weighted by Crippen LogP contribution is 2.30. The van der Waals surface area contributed by atoms with Gasteiger partial charge >= 0.3 is 5.63 Å². The van der Waals surface area contributed by atoms with Gasteiger partial charge < -0.3 is 9.52 Å². The second-order valence-electron chi connectivity index (χ2n) is 6.57. The molecule has 0 aliphatic rings. The molecule has 0 fully saturated rings. The summed E-state index contributed by atoms with van der Waals surface area (Å²) in [4.78, 5) is 14.8. The Morgan fingerprint density at radius 1 is 1.00 bits per heavy atom. The van der Waals surface area contributed by atoms with E-state index in [1.165, 1.54) is 0 Å². The first-order chi connectivity index (χ1) is 12.6. The molecule has 0 bridgehead atoms. The Labute approximate surface area is 153 Å². The summed E-state index contributed by atoms with van der Waals surface area (Å²) in [7, 11) is 0. The van der Waals surface area contributed by atoms with Crippen LogP contribution in [0.3, 0.4) is 0 Å². The molecular weight excluding hydrogens is 326 g/mol. The van der Waals surface area contributed by atoms with E-state index in [1.54, 1.807) is 12.1 Å². The van der Waals surface area contributed by atoms with Crippen molar-refractivity contribution in [3.05, 3.63) is 64.5 Å². The van der Waals surface area contributed by atoms with Crippen molar-refractivity contribution in [3.8, 4) is 16.9 Å². The molecule has 4 nitrogen and oxygen atoms in total. The maximum Gasteiger partial charge on any atom is 0.344 e. The van der Waals surface area contributed by atoms with Gasteiger partial charge in [-0.25, -0.2) is 4.79 Å². The quantitative estimate of drug-likeness (QED) is 0.622. The fourth-order valence-corrected chi connectivity index (χ4v) is 3.33. The van der Waals surface area contributed by atoms with E-state index in [2.05, 4.69) is 18.7 Å². The smallest absolute Gasteiger partial charge is 0.344 e. The molecule has 0 radical (unpaired) electrons. The summed E-state index contributed by atoms with van der Waals surface area (Å²) < 4.78 is 5.67. The Balaban J connectivity index is 2.08. The fraction of sp³-hybridized carbons (Fsp3) is 0.318. The molecule has 0 saturated carbocycles. The van der Waals surface area contributed by atoms with Crippen LogP contribution in [0.1, 0.15) is 32.3 Å². The first-order valence-electron chi connectivity index (χ1n) is 9.20. The average molecular weight is 351 g/mol. The zero-order chi connectivity index (χ0) is 18.5. The molecule has 4 heteroatoms. The standard InChI is InChI=1S/C22H25NO3/c1-3-12-23(13-4-2)15-19-20(24)11-10-17-14-18(22(25)26-21(17)19)16-8-6-5-7-9-16/h5-11,14,24H,3-4,12-13,15H2,1-2H3. The molecule has 1 aromatic heterocycles. The Bertz CT molecular complexity index is 925. The van der Waals surface area contributed by atoms with Gasteiger partial charge in [0.15, 0.2) is 0 Å². The highest BCUT2D eigenvalue weighted by molar-refractivity contribution is 5.85. The van der Waals surface area contributed by atoms with Crippen molar-refractivity contribution in [1.29, 1.82) is 0 Å². The molecule has 2 aromatic carbocycles. The third-order valence-corrected chi connectivity index (χ3v) is 4.53. The number of hydrogen-bond donors (Lipinski definition) is 1. The molecular formula is C22H25NO3. The van der Waals surface area contributed by atoms with Crippen LogP contribution in [0.15, 0.2) is 57.7 Å². The number of rotatable bonds is 7. The molecule has 0 aliphatic carbocycles. The molecule has 0 aliphatic heterocycles. The molecule has 1 heterocycles. The number of phenolic OH excluding ortho intramolecular Hbond substituents is 1. The Hall–Kier alpha value is -2.59. The monoisotopic (exact) mass is 351 g/mol. The van der Waals surface area contributed by atoms with E-state index >= 15 is 0 Å². The van der Waals surface area contributed by atoms with Gasteiger partial charge in [-0.05, 0) is 49.7 Å². The van der Waals surface area contributed by atoms with Gasteiger partial charge in [0.2, 0.25) is 0 Å². The molecule has 26 heavy (non-hydrogen) atoms. The molecule has 0 saturated heterocycles. The number of aromatic hydroxyl groups is 1. The highest BCUT2D eigenvalue weighted by Gasteiger charge is 2.16. The van der Waals surface area contributed by atoms with Crippen LogP contribution in [0, 0.1) is 0 Å². The van der Waals surface area contributed by atoms with Gasteiger partial charge in [0.1, 0.15) is 11.3 Å². The molecule has 3 rings (SSSR count). The molecule has 0 spiro atoms. The third-order valence-electron chi connectivity index (χ3n) is 4.53. The molecule has 0 amide bonds. The van der Waals surface area contributed by atoms with Crippen LogP contribution in [-0.2, 0) is 6.54 Å². The van der Waals surface area contributed by atoms with E-state index < -0.39 is 0 Å². The SMILES string of the molecule is CCCN(CCC)Cc1c(O)ccc2cc(-c3ccccc3)c(=O)oc12. The van der Waals surface area contributed by atoms with Crippen LogP contribution in [-0.4, -0.2) is 23.1 Å². The zero-order valence-corrected chi connectivity index (χ0v) is 15.4. The minimum Gasteiger partial charge on any atom is -0.507 e. The van der Waals surface area contributed by atoms with Gasteiger partial charge in [-0.2, -0.15) is 0 Å². The molecule has 1 N–H and O–H groups in total. The second kappa shape index (κ2) is 8.19. The van der Waals surface area contributed by atoms with Crippen LogP contribution in [0.2, 0.25) is 0 Å². The summed E-state index contributed by atoms with van der Waals surface area (Å²) in [6, 6.07) is 14.8. The first-order valence-corrected chi connectivity index (χ1v) is 9.20. The van der Waals surface area contributed by atoms with Gasteiger partial charge in [0.25, 0.3) is 0 Å². The lowest BCUT2D eigenvalue weighted by Gasteiger charge is -2.22. The number of phenols is 1. The number of fused-ring (bicyclic) bond motifs is 1. The lowest BCUT2D eigenvalue weighted by Crippen LogP contribution is -2.25. The van der Waals surface area contributed by atoms with Gasteiger partial charge in [-0.3, -0.25) is 4.90 Å². The van der Waals surface area contributed by atoms with Gasteiger partial charge in [-0.15, -0.1) is 0 Å².